The van der Waals surface area contributed by atoms with Crippen molar-refractivity contribution in [1.29, 1.82) is 0 Å². The summed E-state index contributed by atoms with van der Waals surface area (Å²) in [5, 5.41) is 4.12. The van der Waals surface area contributed by atoms with Crippen LogP contribution in [-0.4, -0.2) is 23.4 Å². The molecule has 130 valence electrons. The summed E-state index contributed by atoms with van der Waals surface area (Å²) >= 11 is 1.76. The highest BCUT2D eigenvalue weighted by molar-refractivity contribution is 7.98. The minimum atomic E-state index is 0.662. The van der Waals surface area contributed by atoms with Gasteiger partial charge in [-0.2, -0.15) is 4.98 Å². The number of aromatic nitrogens is 2. The van der Waals surface area contributed by atoms with Crippen LogP contribution >= 0.6 is 11.8 Å². The maximum atomic E-state index is 5.44. The first-order chi connectivity index (χ1) is 12.2. The molecule has 1 aromatic heterocycles. The number of thioether (sulfide) groups is 1. The second-order valence-electron chi connectivity index (χ2n) is 6.22. The van der Waals surface area contributed by atoms with Crippen LogP contribution in [0.1, 0.15) is 23.9 Å². The molecule has 1 N–H and O–H groups in total. The number of aryl methyl sites for hydroxylation is 1. The topological polar surface area (TPSA) is 43.4 Å². The van der Waals surface area contributed by atoms with E-state index in [-0.39, 0.29) is 0 Å². The molecule has 0 radical (unpaired) electrons. The third-order valence-corrected chi connectivity index (χ3v) is 4.95. The molecule has 0 spiro atoms. The van der Waals surface area contributed by atoms with Gasteiger partial charge in [-0.05, 0) is 30.4 Å². The van der Waals surface area contributed by atoms with Gasteiger partial charge in [-0.3, -0.25) is 0 Å². The lowest BCUT2D eigenvalue weighted by molar-refractivity contribution is -0.909. The summed E-state index contributed by atoms with van der Waals surface area (Å²) in [6.07, 6.45) is 3.12. The van der Waals surface area contributed by atoms with Crippen molar-refractivity contribution < 1.29 is 9.42 Å². The molecule has 3 aromatic rings. The average Bonchev–Trinajstić information content (AvgIpc) is 3.10. The molecule has 0 amide bonds. The molecule has 5 heteroatoms. The van der Waals surface area contributed by atoms with Crippen LogP contribution in [0.15, 0.2) is 57.9 Å². The van der Waals surface area contributed by atoms with Crippen LogP contribution in [0, 0.1) is 0 Å². The Morgan fingerprint density at radius 1 is 0.960 bits per heavy atom. The zero-order valence-corrected chi connectivity index (χ0v) is 15.8. The van der Waals surface area contributed by atoms with Gasteiger partial charge >= 0.3 is 0 Å². The summed E-state index contributed by atoms with van der Waals surface area (Å²) in [6, 6.07) is 17.0. The fraction of sp³-hybridized carbons (Fsp3) is 0.300. The van der Waals surface area contributed by atoms with Crippen molar-refractivity contribution >= 4 is 11.8 Å². The highest BCUT2D eigenvalue weighted by Crippen LogP contribution is 2.17. The van der Waals surface area contributed by atoms with Gasteiger partial charge in [0.2, 0.25) is 5.82 Å². The normalized spacial score (nSPS) is 12.3. The van der Waals surface area contributed by atoms with E-state index in [1.54, 1.807) is 11.8 Å². The van der Waals surface area contributed by atoms with Gasteiger partial charge in [0.15, 0.2) is 6.54 Å². The molecule has 1 atom stereocenters. The molecule has 3 rings (SSSR count). The summed E-state index contributed by atoms with van der Waals surface area (Å²) < 4.78 is 5.44. The third kappa shape index (κ3) is 4.71. The van der Waals surface area contributed by atoms with Crippen LogP contribution in [0.5, 0.6) is 0 Å². The van der Waals surface area contributed by atoms with E-state index in [4.69, 9.17) is 4.52 Å². The molecule has 0 bridgehead atoms. The molecule has 1 unspecified atom stereocenters. The molecular formula is C20H24N3OS+. The number of benzene rings is 2. The van der Waals surface area contributed by atoms with Crippen LogP contribution < -0.4 is 4.90 Å². The zero-order valence-electron chi connectivity index (χ0n) is 15.0. The van der Waals surface area contributed by atoms with Crippen LogP contribution in [-0.2, 0) is 19.5 Å². The fourth-order valence-corrected chi connectivity index (χ4v) is 3.15. The van der Waals surface area contributed by atoms with Crippen LogP contribution in [0.25, 0.3) is 11.4 Å². The number of hydrogen-bond acceptors (Lipinski definition) is 4. The zero-order chi connectivity index (χ0) is 17.6. The summed E-state index contributed by atoms with van der Waals surface area (Å²) in [6.45, 7) is 3.79. The molecule has 0 aliphatic heterocycles. The minimum absolute atomic E-state index is 0.662. The second-order valence-corrected chi connectivity index (χ2v) is 7.10. The summed E-state index contributed by atoms with van der Waals surface area (Å²) in [5.74, 6) is 1.34. The van der Waals surface area contributed by atoms with Crippen LogP contribution in [0.4, 0.5) is 0 Å². The van der Waals surface area contributed by atoms with E-state index in [0.717, 1.165) is 18.5 Å². The van der Waals surface area contributed by atoms with Crippen LogP contribution in [0.3, 0.4) is 0 Å². The van der Waals surface area contributed by atoms with Crippen molar-refractivity contribution in [3.8, 4) is 11.4 Å². The molecule has 4 nitrogen and oxygen atoms in total. The second kappa shape index (κ2) is 8.32. The first-order valence-electron chi connectivity index (χ1n) is 8.54. The molecule has 2 aromatic carbocycles. The Bertz CT molecular complexity index is 797. The van der Waals surface area contributed by atoms with E-state index in [1.807, 2.05) is 0 Å². The minimum Gasteiger partial charge on any atom is -0.333 e. The molecule has 0 saturated heterocycles. The van der Waals surface area contributed by atoms with E-state index in [2.05, 4.69) is 78.9 Å². The van der Waals surface area contributed by atoms with Gasteiger partial charge in [0.05, 0.1) is 7.05 Å². The molecule has 25 heavy (non-hydrogen) atoms. The van der Waals surface area contributed by atoms with E-state index in [0.29, 0.717) is 18.3 Å². The smallest absolute Gasteiger partial charge is 0.282 e. The van der Waals surface area contributed by atoms with Crippen molar-refractivity contribution in [2.24, 2.45) is 0 Å². The Morgan fingerprint density at radius 3 is 2.28 bits per heavy atom. The number of hydrogen-bond donors (Lipinski definition) is 1. The molecule has 0 aliphatic carbocycles. The standard InChI is InChI=1S/C20H23N3OS/c1-4-15-5-9-17(10-6-15)20-21-19(24-22-20)14-23(2)13-16-7-11-18(25-3)12-8-16/h5-12H,4,13-14H2,1-3H3/p+1. The maximum Gasteiger partial charge on any atom is 0.282 e. The molecule has 0 fully saturated rings. The predicted molar refractivity (Wildman–Crippen MR) is 102 cm³/mol. The fourth-order valence-electron chi connectivity index (χ4n) is 2.75. The maximum absolute atomic E-state index is 5.44. The summed E-state index contributed by atoms with van der Waals surface area (Å²) in [5.41, 5.74) is 3.62. The van der Waals surface area contributed by atoms with E-state index < -0.39 is 0 Å². The Kier molecular flexibility index (Phi) is 5.89. The van der Waals surface area contributed by atoms with Crippen molar-refractivity contribution in [3.63, 3.8) is 0 Å². The lowest BCUT2D eigenvalue weighted by atomic mass is 10.1. The van der Waals surface area contributed by atoms with Gasteiger partial charge in [-0.25, -0.2) is 0 Å². The molecule has 0 aliphatic rings. The Labute approximate surface area is 153 Å². The molecule has 1 heterocycles. The first kappa shape index (κ1) is 17.7. The van der Waals surface area contributed by atoms with Crippen molar-refractivity contribution in [3.05, 3.63) is 65.5 Å². The van der Waals surface area contributed by atoms with Crippen molar-refractivity contribution in [2.45, 2.75) is 31.3 Å². The number of quaternary nitrogens is 1. The summed E-state index contributed by atoms with van der Waals surface area (Å²) in [4.78, 5) is 7.15. The van der Waals surface area contributed by atoms with Gasteiger partial charge in [-0.15, -0.1) is 11.8 Å². The number of nitrogens with one attached hydrogen (secondary N) is 1. The Morgan fingerprint density at radius 2 is 1.64 bits per heavy atom. The van der Waals surface area contributed by atoms with E-state index in [9.17, 15) is 0 Å². The lowest BCUT2D eigenvalue weighted by Crippen LogP contribution is -3.06. The Hall–Kier alpha value is -2.11. The van der Waals surface area contributed by atoms with E-state index >= 15 is 0 Å². The Balaban J connectivity index is 1.61. The van der Waals surface area contributed by atoms with Crippen LogP contribution in [0.2, 0.25) is 0 Å². The van der Waals surface area contributed by atoms with Gasteiger partial charge in [0, 0.05) is 16.0 Å². The van der Waals surface area contributed by atoms with Crippen molar-refractivity contribution in [2.75, 3.05) is 13.3 Å². The number of nitrogens with zero attached hydrogens (tertiary/aromatic N) is 2. The number of rotatable bonds is 7. The van der Waals surface area contributed by atoms with Gasteiger partial charge in [0.1, 0.15) is 6.54 Å². The molecular weight excluding hydrogens is 330 g/mol. The monoisotopic (exact) mass is 354 g/mol. The first-order valence-corrected chi connectivity index (χ1v) is 9.76. The van der Waals surface area contributed by atoms with Gasteiger partial charge in [-0.1, -0.05) is 48.5 Å². The van der Waals surface area contributed by atoms with Gasteiger partial charge < -0.3 is 9.42 Å². The average molecular weight is 354 g/mol. The molecule has 0 saturated carbocycles. The van der Waals surface area contributed by atoms with Crippen molar-refractivity contribution in [1.82, 2.24) is 10.1 Å². The van der Waals surface area contributed by atoms with E-state index in [1.165, 1.54) is 20.9 Å². The quantitative estimate of drug-likeness (QED) is 0.662. The predicted octanol–water partition coefficient (Wildman–Crippen LogP) is 3.24. The highest BCUT2D eigenvalue weighted by Gasteiger charge is 2.13. The lowest BCUT2D eigenvalue weighted by Gasteiger charge is -2.11. The SMILES string of the molecule is CCc1ccc(-c2noc(C[NH+](C)Cc3ccc(SC)cc3)n2)cc1. The van der Waals surface area contributed by atoms with Gasteiger partial charge in [0.25, 0.3) is 5.89 Å². The highest BCUT2D eigenvalue weighted by atomic mass is 32.2. The summed E-state index contributed by atoms with van der Waals surface area (Å²) in [7, 11) is 2.14. The largest absolute Gasteiger partial charge is 0.333 e. The third-order valence-electron chi connectivity index (χ3n) is 4.21.